The maximum Gasteiger partial charge on any atom is 0.358 e. The Balaban J connectivity index is 1.78. The maximum absolute atomic E-state index is 10.8. The molecule has 1 aliphatic carbocycles. The number of rotatable bonds is 3. The summed E-state index contributed by atoms with van der Waals surface area (Å²) in [6.07, 6.45) is 5.05. The molecule has 1 aliphatic rings. The molecule has 0 saturated heterocycles. The second-order valence-electron chi connectivity index (χ2n) is 6.96. The second kappa shape index (κ2) is 5.59. The zero-order valence-electron chi connectivity index (χ0n) is 13.0. The van der Waals surface area contributed by atoms with Gasteiger partial charge in [-0.05, 0) is 36.2 Å². The molecule has 1 fully saturated rings. The Morgan fingerprint density at radius 1 is 1.32 bits per heavy atom. The molecular weight excluding hydrogens is 278 g/mol. The van der Waals surface area contributed by atoms with Crippen molar-refractivity contribution in [2.75, 3.05) is 0 Å². The van der Waals surface area contributed by atoms with Crippen molar-refractivity contribution in [1.29, 1.82) is 0 Å². The first kappa shape index (κ1) is 14.8. The molecule has 1 atom stereocenters. The van der Waals surface area contributed by atoms with Crippen molar-refractivity contribution in [2.24, 2.45) is 5.41 Å². The van der Waals surface area contributed by atoms with Crippen LogP contribution >= 0.6 is 0 Å². The average Bonchev–Trinajstić information content (AvgIpc) is 2.96. The number of aromatic nitrogens is 1. The highest BCUT2D eigenvalue weighted by molar-refractivity contribution is 5.86. The number of carboxylic acids is 1. The van der Waals surface area contributed by atoms with E-state index >= 15 is 0 Å². The van der Waals surface area contributed by atoms with Crippen molar-refractivity contribution < 1.29 is 14.4 Å². The van der Waals surface area contributed by atoms with Crippen molar-refractivity contribution in [2.45, 2.75) is 45.4 Å². The van der Waals surface area contributed by atoms with Crippen LogP contribution in [-0.2, 0) is 0 Å². The number of hydrogen-bond acceptors (Lipinski definition) is 3. The molecule has 0 bridgehead atoms. The lowest BCUT2D eigenvalue weighted by atomic mass is 9.70. The molecule has 0 aliphatic heterocycles. The first-order chi connectivity index (χ1) is 10.4. The number of nitrogens with zero attached hydrogens (tertiary/aromatic N) is 1. The molecule has 1 saturated carbocycles. The predicted molar refractivity (Wildman–Crippen MR) is 83.9 cm³/mol. The van der Waals surface area contributed by atoms with E-state index in [0.29, 0.717) is 17.1 Å². The second-order valence-corrected chi connectivity index (χ2v) is 6.96. The fourth-order valence-corrected chi connectivity index (χ4v) is 3.41. The molecule has 2 aromatic rings. The van der Waals surface area contributed by atoms with Gasteiger partial charge in [0.25, 0.3) is 0 Å². The molecule has 1 aromatic heterocycles. The van der Waals surface area contributed by atoms with Crippen molar-refractivity contribution in [3.63, 3.8) is 0 Å². The number of benzene rings is 1. The fourth-order valence-electron chi connectivity index (χ4n) is 3.41. The molecule has 4 nitrogen and oxygen atoms in total. The normalized spacial score (nSPS) is 20.7. The molecule has 1 unspecified atom stereocenters. The monoisotopic (exact) mass is 299 g/mol. The highest BCUT2D eigenvalue weighted by Crippen LogP contribution is 2.43. The number of carboxylic acid groups (broad SMARTS) is 1. The molecule has 0 radical (unpaired) electrons. The molecular formula is C18H21NO3. The molecule has 116 valence electrons. The van der Waals surface area contributed by atoms with E-state index in [0.717, 1.165) is 5.56 Å². The van der Waals surface area contributed by atoms with Gasteiger partial charge in [0, 0.05) is 11.6 Å². The molecule has 22 heavy (non-hydrogen) atoms. The molecule has 1 aromatic carbocycles. The molecule has 1 N–H and O–H groups in total. The third-order valence-electron chi connectivity index (χ3n) is 4.60. The van der Waals surface area contributed by atoms with Gasteiger partial charge in [0.1, 0.15) is 0 Å². The first-order valence-corrected chi connectivity index (χ1v) is 7.75. The van der Waals surface area contributed by atoms with Crippen LogP contribution in [-0.4, -0.2) is 16.2 Å². The van der Waals surface area contributed by atoms with Crippen LogP contribution in [0.2, 0.25) is 0 Å². The maximum atomic E-state index is 10.8. The van der Waals surface area contributed by atoms with Gasteiger partial charge in [-0.3, -0.25) is 0 Å². The zero-order valence-corrected chi connectivity index (χ0v) is 13.0. The molecule has 0 spiro atoms. The summed E-state index contributed by atoms with van der Waals surface area (Å²) in [5, 5.41) is 12.4. The van der Waals surface area contributed by atoms with Gasteiger partial charge in [0.15, 0.2) is 11.5 Å². The summed E-state index contributed by atoms with van der Waals surface area (Å²) >= 11 is 0. The van der Waals surface area contributed by atoms with Gasteiger partial charge in [-0.25, -0.2) is 4.79 Å². The fraction of sp³-hybridized carbons (Fsp3) is 0.444. The van der Waals surface area contributed by atoms with Gasteiger partial charge in [-0.2, -0.15) is 0 Å². The van der Waals surface area contributed by atoms with E-state index < -0.39 is 5.97 Å². The smallest absolute Gasteiger partial charge is 0.358 e. The van der Waals surface area contributed by atoms with Crippen LogP contribution in [0.4, 0.5) is 0 Å². The predicted octanol–water partition coefficient (Wildman–Crippen LogP) is 4.72. The highest BCUT2D eigenvalue weighted by Gasteiger charge is 2.28. The lowest BCUT2D eigenvalue weighted by molar-refractivity contribution is 0.0686. The quantitative estimate of drug-likeness (QED) is 0.890. The summed E-state index contributed by atoms with van der Waals surface area (Å²) in [7, 11) is 0. The summed E-state index contributed by atoms with van der Waals surface area (Å²) in [5.74, 6) is 0.0334. The summed E-state index contributed by atoms with van der Waals surface area (Å²) in [6, 6.07) is 9.70. The van der Waals surface area contributed by atoms with Crippen LogP contribution in [0, 0.1) is 5.41 Å². The minimum Gasteiger partial charge on any atom is -0.476 e. The molecule has 1 heterocycles. The van der Waals surface area contributed by atoms with Crippen LogP contribution in [0.15, 0.2) is 34.9 Å². The Hall–Kier alpha value is -2.10. The van der Waals surface area contributed by atoms with Crippen molar-refractivity contribution in [3.8, 4) is 11.3 Å². The molecule has 3 rings (SSSR count). The van der Waals surface area contributed by atoms with Gasteiger partial charge in [0.05, 0.1) is 0 Å². The van der Waals surface area contributed by atoms with E-state index in [4.69, 9.17) is 9.63 Å². The molecule has 4 heteroatoms. The van der Waals surface area contributed by atoms with Crippen LogP contribution in [0.5, 0.6) is 0 Å². The average molecular weight is 299 g/mol. The third-order valence-corrected chi connectivity index (χ3v) is 4.60. The summed E-state index contributed by atoms with van der Waals surface area (Å²) < 4.78 is 5.10. The molecule has 0 amide bonds. The third kappa shape index (κ3) is 3.06. The number of hydrogen-bond donors (Lipinski definition) is 1. The van der Waals surface area contributed by atoms with Gasteiger partial charge >= 0.3 is 5.97 Å². The van der Waals surface area contributed by atoms with Gasteiger partial charge in [-0.1, -0.05) is 49.7 Å². The van der Waals surface area contributed by atoms with E-state index in [1.54, 1.807) is 0 Å². The van der Waals surface area contributed by atoms with Crippen molar-refractivity contribution in [3.05, 3.63) is 41.6 Å². The van der Waals surface area contributed by atoms with E-state index in [9.17, 15) is 4.79 Å². The minimum absolute atomic E-state index is 0.0619. The number of aromatic carboxylic acids is 1. The first-order valence-electron chi connectivity index (χ1n) is 7.75. The largest absolute Gasteiger partial charge is 0.476 e. The van der Waals surface area contributed by atoms with Crippen LogP contribution < -0.4 is 0 Å². The summed E-state index contributed by atoms with van der Waals surface area (Å²) in [6.45, 7) is 4.69. The standard InChI is InChI=1S/C18H21NO3/c1-18(2)9-3-4-14(11-18)12-5-7-13(8-6-12)16-10-15(17(20)21)19-22-16/h5-8,10,14H,3-4,9,11H2,1-2H3,(H,20,21). The van der Waals surface area contributed by atoms with Crippen molar-refractivity contribution >= 4 is 5.97 Å². The lowest BCUT2D eigenvalue weighted by Crippen LogP contribution is -2.21. The van der Waals surface area contributed by atoms with Crippen LogP contribution in [0.1, 0.15) is 61.5 Å². The SMILES string of the molecule is CC1(C)CCCC(c2ccc(-c3cc(C(=O)O)no3)cc2)C1. The summed E-state index contributed by atoms with van der Waals surface area (Å²) in [5.41, 5.74) is 2.57. The Morgan fingerprint density at radius 2 is 2.05 bits per heavy atom. The van der Waals surface area contributed by atoms with Gasteiger partial charge < -0.3 is 9.63 Å². The highest BCUT2D eigenvalue weighted by atomic mass is 16.5. The minimum atomic E-state index is -1.07. The van der Waals surface area contributed by atoms with E-state index in [1.165, 1.54) is 37.3 Å². The van der Waals surface area contributed by atoms with E-state index in [-0.39, 0.29) is 5.69 Å². The lowest BCUT2D eigenvalue weighted by Gasteiger charge is -2.35. The van der Waals surface area contributed by atoms with Gasteiger partial charge in [-0.15, -0.1) is 0 Å². The number of carbonyl (C=O) groups is 1. The van der Waals surface area contributed by atoms with Crippen molar-refractivity contribution in [1.82, 2.24) is 5.16 Å². The van der Waals surface area contributed by atoms with E-state index in [2.05, 4.69) is 31.1 Å². The Labute approximate surface area is 130 Å². The summed E-state index contributed by atoms with van der Waals surface area (Å²) in [4.78, 5) is 10.8. The Morgan fingerprint density at radius 3 is 2.64 bits per heavy atom. The Kier molecular flexibility index (Phi) is 3.77. The van der Waals surface area contributed by atoms with E-state index in [1.807, 2.05) is 12.1 Å². The topological polar surface area (TPSA) is 63.3 Å². The van der Waals surface area contributed by atoms with Crippen LogP contribution in [0.3, 0.4) is 0 Å². The van der Waals surface area contributed by atoms with Crippen LogP contribution in [0.25, 0.3) is 11.3 Å². The van der Waals surface area contributed by atoms with Gasteiger partial charge in [0.2, 0.25) is 0 Å². The zero-order chi connectivity index (χ0) is 15.7. The Bertz CT molecular complexity index is 670.